The second-order valence-corrected chi connectivity index (χ2v) is 7.90. The SMILES string of the molecule is O=C(NCc1cccc(OCC(F)(F)F)c1)c1oc2ccccc2c1CSc1ncccn1. The van der Waals surface area contributed by atoms with Gasteiger partial charge in [0.15, 0.2) is 17.5 Å². The molecule has 0 aliphatic heterocycles. The number of alkyl halides is 3. The van der Waals surface area contributed by atoms with Gasteiger partial charge in [-0.2, -0.15) is 13.2 Å². The maximum absolute atomic E-state index is 12.9. The zero-order valence-electron chi connectivity index (χ0n) is 17.1. The minimum absolute atomic E-state index is 0.0720. The average molecular weight is 473 g/mol. The van der Waals surface area contributed by atoms with Crippen LogP contribution >= 0.6 is 11.8 Å². The topological polar surface area (TPSA) is 77.2 Å². The van der Waals surface area contributed by atoms with E-state index in [1.807, 2.05) is 18.2 Å². The van der Waals surface area contributed by atoms with Gasteiger partial charge in [-0.15, -0.1) is 0 Å². The lowest BCUT2D eigenvalue weighted by Gasteiger charge is -2.10. The Balaban J connectivity index is 1.48. The fraction of sp³-hybridized carbons (Fsp3) is 0.174. The lowest BCUT2D eigenvalue weighted by molar-refractivity contribution is -0.153. The first kappa shape index (κ1) is 22.7. The maximum Gasteiger partial charge on any atom is 0.422 e. The molecule has 0 unspecified atom stereocenters. The largest absolute Gasteiger partial charge is 0.484 e. The summed E-state index contributed by atoms with van der Waals surface area (Å²) < 4.78 is 47.7. The first-order chi connectivity index (χ1) is 15.9. The van der Waals surface area contributed by atoms with Crippen molar-refractivity contribution in [2.24, 2.45) is 0 Å². The van der Waals surface area contributed by atoms with Gasteiger partial charge in [-0.1, -0.05) is 42.1 Å². The number of hydrogen-bond donors (Lipinski definition) is 1. The van der Waals surface area contributed by atoms with E-state index < -0.39 is 18.7 Å². The summed E-state index contributed by atoms with van der Waals surface area (Å²) in [5.74, 6) is 0.231. The molecule has 6 nitrogen and oxygen atoms in total. The van der Waals surface area contributed by atoms with Crippen molar-refractivity contribution in [1.29, 1.82) is 0 Å². The highest BCUT2D eigenvalue weighted by atomic mass is 32.2. The normalized spacial score (nSPS) is 11.5. The van der Waals surface area contributed by atoms with Crippen LogP contribution in [0.3, 0.4) is 0 Å². The summed E-state index contributed by atoms with van der Waals surface area (Å²) in [6.07, 6.45) is -1.14. The first-order valence-corrected chi connectivity index (χ1v) is 10.8. The van der Waals surface area contributed by atoms with E-state index in [1.165, 1.54) is 23.9 Å². The number of fused-ring (bicyclic) bond motifs is 1. The highest BCUT2D eigenvalue weighted by Crippen LogP contribution is 2.31. The third-order valence-corrected chi connectivity index (χ3v) is 5.45. The van der Waals surface area contributed by atoms with Crippen molar-refractivity contribution in [3.05, 3.63) is 83.9 Å². The van der Waals surface area contributed by atoms with Gasteiger partial charge in [-0.05, 0) is 29.8 Å². The summed E-state index contributed by atoms with van der Waals surface area (Å²) in [6, 6.07) is 15.2. The molecule has 0 fully saturated rings. The number of hydrogen-bond acceptors (Lipinski definition) is 6. The quantitative estimate of drug-likeness (QED) is 0.273. The van der Waals surface area contributed by atoms with Crippen LogP contribution in [-0.2, 0) is 12.3 Å². The van der Waals surface area contributed by atoms with Crippen molar-refractivity contribution in [3.63, 3.8) is 0 Å². The molecule has 2 aromatic heterocycles. The highest BCUT2D eigenvalue weighted by Gasteiger charge is 2.28. The summed E-state index contributed by atoms with van der Waals surface area (Å²) in [5, 5.41) is 4.15. The molecule has 0 saturated heterocycles. The first-order valence-electron chi connectivity index (χ1n) is 9.86. The van der Waals surface area contributed by atoms with Gasteiger partial charge in [0, 0.05) is 35.6 Å². The number of benzene rings is 2. The average Bonchev–Trinajstić information content (AvgIpc) is 3.19. The Hall–Kier alpha value is -3.53. The lowest BCUT2D eigenvalue weighted by atomic mass is 10.1. The number of carbonyl (C=O) groups excluding carboxylic acids is 1. The molecule has 0 saturated carbocycles. The maximum atomic E-state index is 12.9. The number of aromatic nitrogens is 2. The third kappa shape index (κ3) is 6.04. The van der Waals surface area contributed by atoms with Crippen molar-refractivity contribution < 1.29 is 27.1 Å². The predicted octanol–water partition coefficient (Wildman–Crippen LogP) is 5.39. The Kier molecular flexibility index (Phi) is 6.83. The second kappa shape index (κ2) is 9.95. The molecule has 0 radical (unpaired) electrons. The predicted molar refractivity (Wildman–Crippen MR) is 117 cm³/mol. The van der Waals surface area contributed by atoms with Crippen LogP contribution in [0.2, 0.25) is 0 Å². The molecule has 1 N–H and O–H groups in total. The third-order valence-electron chi connectivity index (χ3n) is 4.55. The van der Waals surface area contributed by atoms with E-state index in [0.29, 0.717) is 27.6 Å². The number of nitrogens with zero attached hydrogens (tertiary/aromatic N) is 2. The van der Waals surface area contributed by atoms with E-state index in [0.717, 1.165) is 5.39 Å². The van der Waals surface area contributed by atoms with Gasteiger partial charge in [-0.3, -0.25) is 4.79 Å². The lowest BCUT2D eigenvalue weighted by Crippen LogP contribution is -2.23. The smallest absolute Gasteiger partial charge is 0.422 e. The Morgan fingerprint density at radius 1 is 1.06 bits per heavy atom. The van der Waals surface area contributed by atoms with Crippen molar-refractivity contribution in [1.82, 2.24) is 15.3 Å². The molecule has 0 atom stereocenters. The summed E-state index contributed by atoms with van der Waals surface area (Å²) >= 11 is 1.38. The molecule has 4 aromatic rings. The second-order valence-electron chi connectivity index (χ2n) is 6.96. The Labute approximate surface area is 191 Å². The van der Waals surface area contributed by atoms with E-state index in [2.05, 4.69) is 15.3 Å². The molecular weight excluding hydrogens is 455 g/mol. The molecule has 2 heterocycles. The number of carbonyl (C=O) groups is 1. The molecule has 33 heavy (non-hydrogen) atoms. The van der Waals surface area contributed by atoms with Crippen LogP contribution in [0, 0.1) is 0 Å². The summed E-state index contributed by atoms with van der Waals surface area (Å²) in [5.41, 5.74) is 1.88. The van der Waals surface area contributed by atoms with Gasteiger partial charge >= 0.3 is 6.18 Å². The molecule has 10 heteroatoms. The fourth-order valence-electron chi connectivity index (χ4n) is 3.10. The van der Waals surface area contributed by atoms with Crippen molar-refractivity contribution >= 4 is 28.6 Å². The number of halogens is 3. The van der Waals surface area contributed by atoms with Crippen LogP contribution in [0.15, 0.2) is 76.6 Å². The monoisotopic (exact) mass is 473 g/mol. The van der Waals surface area contributed by atoms with Crippen LogP contribution in [0.25, 0.3) is 11.0 Å². The fourth-order valence-corrected chi connectivity index (χ4v) is 3.93. The van der Waals surface area contributed by atoms with E-state index in [4.69, 9.17) is 9.15 Å². The summed E-state index contributed by atoms with van der Waals surface area (Å²) in [4.78, 5) is 21.3. The van der Waals surface area contributed by atoms with E-state index in [1.54, 1.807) is 36.7 Å². The van der Waals surface area contributed by atoms with E-state index in [9.17, 15) is 18.0 Å². The van der Waals surface area contributed by atoms with Crippen molar-refractivity contribution in [3.8, 4) is 5.75 Å². The number of amides is 1. The highest BCUT2D eigenvalue weighted by molar-refractivity contribution is 7.98. The molecular formula is C23H18F3N3O3S. The molecule has 0 bridgehead atoms. The van der Waals surface area contributed by atoms with Gasteiger partial charge in [0.1, 0.15) is 11.3 Å². The van der Waals surface area contributed by atoms with Gasteiger partial charge in [-0.25, -0.2) is 9.97 Å². The van der Waals surface area contributed by atoms with Crippen LogP contribution in [0.4, 0.5) is 13.2 Å². The molecule has 1 amide bonds. The van der Waals surface area contributed by atoms with Crippen LogP contribution < -0.4 is 10.1 Å². The van der Waals surface area contributed by atoms with Gasteiger partial charge < -0.3 is 14.5 Å². The zero-order valence-corrected chi connectivity index (χ0v) is 17.9. The zero-order chi connectivity index (χ0) is 23.3. The number of thioether (sulfide) groups is 1. The van der Waals surface area contributed by atoms with Crippen LogP contribution in [-0.4, -0.2) is 28.7 Å². The summed E-state index contributed by atoms with van der Waals surface area (Å²) in [6.45, 7) is -1.29. The molecule has 2 aromatic carbocycles. The summed E-state index contributed by atoms with van der Waals surface area (Å²) in [7, 11) is 0. The molecule has 0 spiro atoms. The molecule has 0 aliphatic carbocycles. The molecule has 4 rings (SSSR count). The molecule has 0 aliphatic rings. The number of rotatable bonds is 8. The number of para-hydroxylation sites is 1. The van der Waals surface area contributed by atoms with Gasteiger partial charge in [0.25, 0.3) is 5.91 Å². The van der Waals surface area contributed by atoms with Gasteiger partial charge in [0.05, 0.1) is 0 Å². The standard InChI is InChI=1S/C23H18F3N3O3S/c24-23(25,26)14-31-16-6-3-5-15(11-16)12-29-21(30)20-18(13-33-22-27-9-4-10-28-22)17-7-1-2-8-19(17)32-20/h1-11H,12-14H2,(H,29,30). The Morgan fingerprint density at radius 3 is 2.64 bits per heavy atom. The van der Waals surface area contributed by atoms with Gasteiger partial charge in [0.2, 0.25) is 0 Å². The van der Waals surface area contributed by atoms with Crippen molar-refractivity contribution in [2.75, 3.05) is 6.61 Å². The number of furan rings is 1. The van der Waals surface area contributed by atoms with Crippen LogP contribution in [0.5, 0.6) is 5.75 Å². The Bertz CT molecular complexity index is 1250. The number of ether oxygens (including phenoxy) is 1. The van der Waals surface area contributed by atoms with Crippen LogP contribution in [0.1, 0.15) is 21.7 Å². The molecule has 170 valence electrons. The van der Waals surface area contributed by atoms with E-state index >= 15 is 0 Å². The van der Waals surface area contributed by atoms with Crippen molar-refractivity contribution in [2.45, 2.75) is 23.6 Å². The minimum atomic E-state index is -4.43. The Morgan fingerprint density at radius 2 is 1.85 bits per heavy atom. The van der Waals surface area contributed by atoms with E-state index in [-0.39, 0.29) is 18.1 Å². The minimum Gasteiger partial charge on any atom is -0.484 e. The number of nitrogens with one attached hydrogen (secondary N) is 1.